The molecule has 12 heteroatoms. The number of carbonyl (C=O) groups is 2. The standard InChI is InChI=1S/C23H31F7O5/c1-6-18(5,24)15(31)33-20-10-13-7-14(11-20)9-19(8-13,12-20)21(22(25,26)27,23(28,29)30)35-16(32)34-17(2,3)4/h13-14H,6-12H2,1-5H3. The van der Waals surface area contributed by atoms with Gasteiger partial charge in [-0.25, -0.2) is 14.0 Å². The molecule has 0 aromatic heterocycles. The molecule has 202 valence electrons. The highest BCUT2D eigenvalue weighted by molar-refractivity contribution is 5.79. The quantitative estimate of drug-likeness (QED) is 0.294. The first-order chi connectivity index (χ1) is 15.6. The topological polar surface area (TPSA) is 61.8 Å². The largest absolute Gasteiger partial charge is 0.510 e. The second-order valence-electron chi connectivity index (χ2n) is 11.6. The first-order valence-corrected chi connectivity index (χ1v) is 11.6. The van der Waals surface area contributed by atoms with E-state index in [1.165, 1.54) is 27.7 Å². The van der Waals surface area contributed by atoms with Crippen LogP contribution in [0.4, 0.5) is 35.5 Å². The molecule has 0 aromatic rings. The van der Waals surface area contributed by atoms with E-state index in [-0.39, 0.29) is 19.3 Å². The van der Waals surface area contributed by atoms with Gasteiger partial charge in [-0.3, -0.25) is 0 Å². The number of ether oxygens (including phenoxy) is 3. The lowest BCUT2D eigenvalue weighted by Crippen LogP contribution is -2.75. The van der Waals surface area contributed by atoms with E-state index in [1.807, 2.05) is 0 Å². The molecule has 4 aliphatic carbocycles. The Morgan fingerprint density at radius 3 is 1.71 bits per heavy atom. The van der Waals surface area contributed by atoms with Crippen molar-refractivity contribution in [1.82, 2.24) is 0 Å². The van der Waals surface area contributed by atoms with Crippen molar-refractivity contribution >= 4 is 12.1 Å². The molecule has 4 rings (SSSR count). The lowest BCUT2D eigenvalue weighted by atomic mass is 9.43. The predicted octanol–water partition coefficient (Wildman–Crippen LogP) is 6.82. The molecule has 4 aliphatic rings. The second kappa shape index (κ2) is 8.13. The monoisotopic (exact) mass is 520 g/mol. The summed E-state index contributed by atoms with van der Waals surface area (Å²) in [5.74, 6) is -2.62. The van der Waals surface area contributed by atoms with E-state index in [0.717, 1.165) is 6.92 Å². The van der Waals surface area contributed by atoms with Crippen LogP contribution >= 0.6 is 0 Å². The number of esters is 1. The first-order valence-electron chi connectivity index (χ1n) is 11.6. The van der Waals surface area contributed by atoms with Gasteiger partial charge >= 0.3 is 30.1 Å². The molecule has 3 atom stereocenters. The Balaban J connectivity index is 2.12. The Kier molecular flexibility index (Phi) is 6.46. The van der Waals surface area contributed by atoms with Crippen molar-refractivity contribution < 1.29 is 54.5 Å². The average molecular weight is 520 g/mol. The van der Waals surface area contributed by atoms with Crippen molar-refractivity contribution in [1.29, 1.82) is 0 Å². The first kappa shape index (κ1) is 27.8. The van der Waals surface area contributed by atoms with Gasteiger partial charge < -0.3 is 14.2 Å². The molecule has 4 fully saturated rings. The lowest BCUT2D eigenvalue weighted by molar-refractivity contribution is -0.422. The third kappa shape index (κ3) is 4.70. The molecule has 35 heavy (non-hydrogen) atoms. The fourth-order valence-corrected chi connectivity index (χ4v) is 6.54. The highest BCUT2D eigenvalue weighted by atomic mass is 19.4. The van der Waals surface area contributed by atoms with Crippen LogP contribution < -0.4 is 0 Å². The lowest BCUT2D eigenvalue weighted by Gasteiger charge is -2.65. The fourth-order valence-electron chi connectivity index (χ4n) is 6.54. The number of rotatable bonds is 5. The zero-order valence-corrected chi connectivity index (χ0v) is 20.3. The minimum absolute atomic E-state index is 0.0228. The number of hydrogen-bond donors (Lipinski definition) is 0. The summed E-state index contributed by atoms with van der Waals surface area (Å²) in [4.78, 5) is 24.8. The molecule has 0 aliphatic heterocycles. The normalized spacial score (nSPS) is 32.7. The third-order valence-corrected chi connectivity index (χ3v) is 7.58. The third-order valence-electron chi connectivity index (χ3n) is 7.58. The van der Waals surface area contributed by atoms with Crippen LogP contribution in [0.5, 0.6) is 0 Å². The molecule has 0 saturated heterocycles. The van der Waals surface area contributed by atoms with Gasteiger partial charge in [0.05, 0.1) is 0 Å². The summed E-state index contributed by atoms with van der Waals surface area (Å²) in [6.07, 6.45) is -16.0. The van der Waals surface area contributed by atoms with Gasteiger partial charge in [-0.1, -0.05) is 6.92 Å². The maximum absolute atomic E-state index is 14.6. The Labute approximate surface area is 199 Å². The summed E-state index contributed by atoms with van der Waals surface area (Å²) in [6.45, 7) is 6.15. The van der Waals surface area contributed by atoms with Crippen LogP contribution in [0.25, 0.3) is 0 Å². The number of halogens is 7. The summed E-state index contributed by atoms with van der Waals surface area (Å²) in [7, 11) is 0. The van der Waals surface area contributed by atoms with Gasteiger partial charge in [-0.2, -0.15) is 26.3 Å². The van der Waals surface area contributed by atoms with E-state index < -0.39 is 83.5 Å². The van der Waals surface area contributed by atoms with Crippen LogP contribution in [0.2, 0.25) is 0 Å². The predicted molar refractivity (Wildman–Crippen MR) is 108 cm³/mol. The van der Waals surface area contributed by atoms with Crippen LogP contribution in [0.15, 0.2) is 0 Å². The summed E-state index contributed by atoms with van der Waals surface area (Å²) < 4.78 is 117. The number of carbonyl (C=O) groups excluding carboxylic acids is 2. The molecule has 3 unspecified atom stereocenters. The fraction of sp³-hybridized carbons (Fsp3) is 0.913. The molecule has 0 spiro atoms. The molecular weight excluding hydrogens is 489 g/mol. The van der Waals surface area contributed by atoms with Crippen LogP contribution in [0, 0.1) is 17.3 Å². The van der Waals surface area contributed by atoms with E-state index in [9.17, 15) is 40.3 Å². The molecule has 0 aromatic carbocycles. The molecule has 4 saturated carbocycles. The Hall–Kier alpha value is -1.75. The summed E-state index contributed by atoms with van der Waals surface area (Å²) in [5, 5.41) is 0. The van der Waals surface area contributed by atoms with E-state index in [2.05, 4.69) is 4.74 Å². The Morgan fingerprint density at radius 1 is 0.829 bits per heavy atom. The van der Waals surface area contributed by atoms with Crippen molar-refractivity contribution in [3.63, 3.8) is 0 Å². The van der Waals surface area contributed by atoms with E-state index in [1.54, 1.807) is 0 Å². The summed E-state index contributed by atoms with van der Waals surface area (Å²) in [5.41, 5.74) is -13.1. The van der Waals surface area contributed by atoms with Gasteiger partial charge in [0.1, 0.15) is 11.2 Å². The van der Waals surface area contributed by atoms with Crippen LogP contribution in [0.1, 0.15) is 79.6 Å². The molecule has 0 heterocycles. The molecule has 0 N–H and O–H groups in total. The Bertz CT molecular complexity index is 828. The minimum atomic E-state index is -6.06. The molecule has 0 radical (unpaired) electrons. The summed E-state index contributed by atoms with van der Waals surface area (Å²) in [6, 6.07) is 0. The van der Waals surface area contributed by atoms with Crippen LogP contribution in [-0.2, 0) is 19.0 Å². The maximum atomic E-state index is 14.6. The van der Waals surface area contributed by atoms with E-state index >= 15 is 0 Å². The number of hydrogen-bond acceptors (Lipinski definition) is 5. The smallest absolute Gasteiger partial charge is 0.457 e. The second-order valence-corrected chi connectivity index (χ2v) is 11.6. The zero-order chi connectivity index (χ0) is 26.9. The van der Waals surface area contributed by atoms with Crippen molar-refractivity contribution in [3.8, 4) is 0 Å². The molecular formula is C23H31F7O5. The highest BCUT2D eigenvalue weighted by Gasteiger charge is 2.85. The zero-order valence-electron chi connectivity index (χ0n) is 20.3. The molecule has 4 bridgehead atoms. The van der Waals surface area contributed by atoms with Gasteiger partial charge in [0, 0.05) is 5.41 Å². The van der Waals surface area contributed by atoms with Gasteiger partial charge in [-0.05, 0) is 84.5 Å². The Morgan fingerprint density at radius 2 is 1.31 bits per heavy atom. The van der Waals surface area contributed by atoms with Gasteiger partial charge in [-0.15, -0.1) is 0 Å². The van der Waals surface area contributed by atoms with Gasteiger partial charge in [0.15, 0.2) is 0 Å². The van der Waals surface area contributed by atoms with Crippen molar-refractivity contribution in [3.05, 3.63) is 0 Å². The molecule has 5 nitrogen and oxygen atoms in total. The molecule has 0 amide bonds. The van der Waals surface area contributed by atoms with Crippen molar-refractivity contribution in [2.75, 3.05) is 0 Å². The van der Waals surface area contributed by atoms with E-state index in [4.69, 9.17) is 9.47 Å². The van der Waals surface area contributed by atoms with Gasteiger partial charge in [0.25, 0.3) is 0 Å². The highest BCUT2D eigenvalue weighted by Crippen LogP contribution is 2.71. The van der Waals surface area contributed by atoms with Crippen LogP contribution in [0.3, 0.4) is 0 Å². The average Bonchev–Trinajstić information content (AvgIpc) is 2.60. The van der Waals surface area contributed by atoms with E-state index in [0.29, 0.717) is 6.42 Å². The van der Waals surface area contributed by atoms with Gasteiger partial charge in [0.2, 0.25) is 5.67 Å². The minimum Gasteiger partial charge on any atom is -0.457 e. The maximum Gasteiger partial charge on any atom is 0.510 e. The summed E-state index contributed by atoms with van der Waals surface area (Å²) >= 11 is 0. The van der Waals surface area contributed by atoms with Crippen molar-refractivity contribution in [2.24, 2.45) is 17.3 Å². The van der Waals surface area contributed by atoms with Crippen LogP contribution in [-0.4, -0.2) is 46.9 Å². The number of alkyl halides is 7. The van der Waals surface area contributed by atoms with Crippen molar-refractivity contribution in [2.45, 2.75) is 114 Å². The SMILES string of the molecule is CCC(C)(F)C(=O)OC12CC3CC(C1)CC(C(OC(=O)OC(C)(C)C)(C(F)(F)F)C(F)(F)F)(C3)C2.